The standard InChI is InChI=1S/C30H33BrF3N3O4S/c1-4-5-16-35-29(39)22(3)36(19-23-8-6-10-25(31)17-23)28(38)20-37(26-11-7-9-24(18-26)30(32,33)34)42(40,41)27-14-12-21(2)13-15-27/h6-15,17-18,22H,4-5,16,19-20H2,1-3H3,(H,35,39)/t22-/m0/s1. The summed E-state index contributed by atoms with van der Waals surface area (Å²) in [6.45, 7) is 4.78. The van der Waals surface area contributed by atoms with Crippen LogP contribution in [0.15, 0.2) is 82.2 Å². The van der Waals surface area contributed by atoms with Gasteiger partial charge in [0.15, 0.2) is 0 Å². The van der Waals surface area contributed by atoms with Crippen LogP contribution in [0.3, 0.4) is 0 Å². The molecular weight excluding hydrogens is 635 g/mol. The predicted molar refractivity (Wildman–Crippen MR) is 159 cm³/mol. The number of anilines is 1. The predicted octanol–water partition coefficient (Wildman–Crippen LogP) is 6.31. The number of nitrogens with zero attached hydrogens (tertiary/aromatic N) is 2. The Morgan fingerprint density at radius 1 is 1.00 bits per heavy atom. The molecule has 3 aromatic rings. The maximum absolute atomic E-state index is 13.9. The van der Waals surface area contributed by atoms with Crippen LogP contribution in [0.25, 0.3) is 0 Å². The molecule has 0 aromatic heterocycles. The second kappa shape index (κ2) is 14.2. The van der Waals surface area contributed by atoms with E-state index in [9.17, 15) is 31.2 Å². The maximum atomic E-state index is 13.9. The lowest BCUT2D eigenvalue weighted by atomic mass is 10.1. The molecule has 0 spiro atoms. The molecule has 0 aliphatic heterocycles. The molecule has 12 heteroatoms. The topological polar surface area (TPSA) is 86.8 Å². The Balaban J connectivity index is 2.07. The van der Waals surface area contributed by atoms with E-state index >= 15 is 0 Å². The van der Waals surface area contributed by atoms with Crippen LogP contribution < -0.4 is 9.62 Å². The van der Waals surface area contributed by atoms with Crippen LogP contribution in [0.2, 0.25) is 0 Å². The molecule has 0 fully saturated rings. The Hall–Kier alpha value is -3.38. The molecule has 0 radical (unpaired) electrons. The summed E-state index contributed by atoms with van der Waals surface area (Å²) in [5.41, 5.74) is 0.0455. The van der Waals surface area contributed by atoms with Gasteiger partial charge in [-0.25, -0.2) is 8.42 Å². The van der Waals surface area contributed by atoms with E-state index in [1.54, 1.807) is 43.3 Å². The zero-order chi connectivity index (χ0) is 31.1. The summed E-state index contributed by atoms with van der Waals surface area (Å²) in [7, 11) is -4.49. The van der Waals surface area contributed by atoms with E-state index in [1.165, 1.54) is 30.0 Å². The Morgan fingerprint density at radius 2 is 1.67 bits per heavy atom. The summed E-state index contributed by atoms with van der Waals surface area (Å²) in [4.78, 5) is 28.0. The zero-order valence-corrected chi connectivity index (χ0v) is 25.9. The van der Waals surface area contributed by atoms with Gasteiger partial charge in [-0.05, 0) is 68.3 Å². The second-order valence-electron chi connectivity index (χ2n) is 9.84. The molecule has 0 heterocycles. The highest BCUT2D eigenvalue weighted by Gasteiger charge is 2.35. The number of alkyl halides is 3. The van der Waals surface area contributed by atoms with Crippen molar-refractivity contribution in [2.75, 3.05) is 17.4 Å². The van der Waals surface area contributed by atoms with Gasteiger partial charge in [-0.15, -0.1) is 0 Å². The fourth-order valence-corrected chi connectivity index (χ4v) is 6.01. The number of amides is 2. The molecule has 226 valence electrons. The van der Waals surface area contributed by atoms with Crippen LogP contribution in [0.4, 0.5) is 18.9 Å². The van der Waals surface area contributed by atoms with Crippen LogP contribution >= 0.6 is 15.9 Å². The summed E-state index contributed by atoms with van der Waals surface area (Å²) >= 11 is 3.39. The van der Waals surface area contributed by atoms with Gasteiger partial charge in [0.05, 0.1) is 16.1 Å². The van der Waals surface area contributed by atoms with Gasteiger partial charge in [0, 0.05) is 17.6 Å². The number of unbranched alkanes of at least 4 members (excludes halogenated alkanes) is 1. The number of benzene rings is 3. The molecule has 7 nitrogen and oxygen atoms in total. The first-order chi connectivity index (χ1) is 19.7. The van der Waals surface area contributed by atoms with Crippen LogP contribution in [-0.2, 0) is 32.3 Å². The lowest BCUT2D eigenvalue weighted by molar-refractivity contribution is -0.139. The highest BCUT2D eigenvalue weighted by atomic mass is 79.9. The lowest BCUT2D eigenvalue weighted by Crippen LogP contribution is -2.51. The van der Waals surface area contributed by atoms with Crippen LogP contribution in [0, 0.1) is 6.92 Å². The highest BCUT2D eigenvalue weighted by molar-refractivity contribution is 9.10. The number of nitrogens with one attached hydrogen (secondary N) is 1. The quantitative estimate of drug-likeness (QED) is 0.230. The van der Waals surface area contributed by atoms with E-state index < -0.39 is 46.2 Å². The molecule has 42 heavy (non-hydrogen) atoms. The number of sulfonamides is 1. The van der Waals surface area contributed by atoms with Gasteiger partial charge >= 0.3 is 6.18 Å². The van der Waals surface area contributed by atoms with Crippen LogP contribution in [0.1, 0.15) is 43.4 Å². The van der Waals surface area contributed by atoms with Crippen molar-refractivity contribution >= 4 is 43.5 Å². The molecule has 0 saturated heterocycles. The van der Waals surface area contributed by atoms with Gasteiger partial charge < -0.3 is 10.2 Å². The van der Waals surface area contributed by atoms with Gasteiger partial charge in [-0.1, -0.05) is 65.2 Å². The summed E-state index contributed by atoms with van der Waals surface area (Å²) in [6, 6.07) is 15.6. The molecule has 3 aromatic carbocycles. The van der Waals surface area contributed by atoms with Crippen molar-refractivity contribution in [2.24, 2.45) is 0 Å². The molecule has 1 N–H and O–H groups in total. The summed E-state index contributed by atoms with van der Waals surface area (Å²) in [5.74, 6) is -1.19. The van der Waals surface area contributed by atoms with Gasteiger partial charge in [0.2, 0.25) is 11.8 Å². The molecule has 0 aliphatic carbocycles. The third kappa shape index (κ3) is 8.57. The third-order valence-corrected chi connectivity index (χ3v) is 8.87. The Bertz CT molecular complexity index is 1500. The molecule has 0 bridgehead atoms. The van der Waals surface area contributed by atoms with Crippen molar-refractivity contribution in [3.63, 3.8) is 0 Å². The number of hydrogen-bond donors (Lipinski definition) is 1. The Morgan fingerprint density at radius 3 is 2.29 bits per heavy atom. The molecule has 1 atom stereocenters. The summed E-state index contributed by atoms with van der Waals surface area (Å²) < 4.78 is 69.8. The number of halogens is 4. The minimum Gasteiger partial charge on any atom is -0.354 e. The number of aryl methyl sites for hydroxylation is 1. The summed E-state index contributed by atoms with van der Waals surface area (Å²) in [5, 5.41) is 2.79. The normalized spacial score (nSPS) is 12.5. The van der Waals surface area contributed by atoms with Crippen LogP contribution in [-0.4, -0.2) is 44.3 Å². The first-order valence-corrected chi connectivity index (χ1v) is 15.6. The van der Waals surface area contributed by atoms with E-state index in [-0.39, 0.29) is 17.1 Å². The highest BCUT2D eigenvalue weighted by Crippen LogP contribution is 2.33. The zero-order valence-electron chi connectivity index (χ0n) is 23.5. The molecule has 0 aliphatic rings. The first kappa shape index (κ1) is 33.1. The van der Waals surface area contributed by atoms with Gasteiger partial charge in [0.1, 0.15) is 12.6 Å². The second-order valence-corrected chi connectivity index (χ2v) is 12.6. The molecule has 0 saturated carbocycles. The fraction of sp³-hybridized carbons (Fsp3) is 0.333. The van der Waals surface area contributed by atoms with Crippen LogP contribution in [0.5, 0.6) is 0 Å². The van der Waals surface area contributed by atoms with Crippen molar-refractivity contribution in [1.29, 1.82) is 0 Å². The Kier molecular flexibility index (Phi) is 11.2. The summed E-state index contributed by atoms with van der Waals surface area (Å²) in [6.07, 6.45) is -3.16. The van der Waals surface area contributed by atoms with E-state index in [2.05, 4.69) is 21.2 Å². The molecule has 3 rings (SSSR count). The van der Waals surface area contributed by atoms with E-state index in [0.29, 0.717) is 22.5 Å². The van der Waals surface area contributed by atoms with E-state index in [4.69, 9.17) is 0 Å². The number of hydrogen-bond acceptors (Lipinski definition) is 4. The largest absolute Gasteiger partial charge is 0.416 e. The fourth-order valence-electron chi connectivity index (χ4n) is 4.15. The van der Waals surface area contributed by atoms with Crippen molar-refractivity contribution in [3.8, 4) is 0 Å². The molecule has 0 unspecified atom stereocenters. The molecular formula is C30H33BrF3N3O4S. The minimum absolute atomic E-state index is 0.0400. The number of carbonyl (C=O) groups is 2. The van der Waals surface area contributed by atoms with Gasteiger partial charge in [0.25, 0.3) is 10.0 Å². The van der Waals surface area contributed by atoms with Crippen molar-refractivity contribution in [2.45, 2.75) is 57.3 Å². The first-order valence-electron chi connectivity index (χ1n) is 13.3. The van der Waals surface area contributed by atoms with E-state index in [0.717, 1.165) is 35.0 Å². The number of carbonyl (C=O) groups excluding carboxylic acids is 2. The average molecular weight is 669 g/mol. The third-order valence-electron chi connectivity index (χ3n) is 6.59. The number of rotatable bonds is 12. The average Bonchev–Trinajstić information content (AvgIpc) is 2.94. The minimum atomic E-state index is -4.74. The van der Waals surface area contributed by atoms with Gasteiger partial charge in [-0.3, -0.25) is 13.9 Å². The van der Waals surface area contributed by atoms with Crippen molar-refractivity contribution < 1.29 is 31.2 Å². The monoisotopic (exact) mass is 667 g/mol. The van der Waals surface area contributed by atoms with E-state index in [1.807, 2.05) is 6.92 Å². The Labute approximate surface area is 252 Å². The van der Waals surface area contributed by atoms with Crippen molar-refractivity contribution in [1.82, 2.24) is 10.2 Å². The lowest BCUT2D eigenvalue weighted by Gasteiger charge is -2.32. The van der Waals surface area contributed by atoms with Gasteiger partial charge in [-0.2, -0.15) is 13.2 Å². The maximum Gasteiger partial charge on any atom is 0.416 e. The van der Waals surface area contributed by atoms with Crippen molar-refractivity contribution in [3.05, 3.63) is 94.0 Å². The smallest absolute Gasteiger partial charge is 0.354 e. The molecule has 2 amide bonds. The SMILES string of the molecule is CCCCNC(=O)[C@H](C)N(Cc1cccc(Br)c1)C(=O)CN(c1cccc(C(F)(F)F)c1)S(=O)(=O)c1ccc(C)cc1.